The third kappa shape index (κ3) is 6.79. The summed E-state index contributed by atoms with van der Waals surface area (Å²) in [5, 5.41) is 14.8. The van der Waals surface area contributed by atoms with Crippen molar-refractivity contribution in [1.82, 2.24) is 10.6 Å². The molecular formula is C19H17Cl2N3O2S. The summed E-state index contributed by atoms with van der Waals surface area (Å²) in [6.07, 6.45) is 0. The average molecular weight is 422 g/mol. The van der Waals surface area contributed by atoms with E-state index in [2.05, 4.69) is 10.6 Å². The van der Waals surface area contributed by atoms with E-state index in [1.165, 1.54) is 11.8 Å². The highest BCUT2D eigenvalue weighted by Gasteiger charge is 2.21. The van der Waals surface area contributed by atoms with Gasteiger partial charge in [-0.1, -0.05) is 47.5 Å². The van der Waals surface area contributed by atoms with Crippen molar-refractivity contribution in [2.24, 2.45) is 0 Å². The molecule has 0 saturated carbocycles. The summed E-state index contributed by atoms with van der Waals surface area (Å²) in [6.45, 7) is -0.117. The van der Waals surface area contributed by atoms with Gasteiger partial charge in [0.2, 0.25) is 5.91 Å². The van der Waals surface area contributed by atoms with Crippen molar-refractivity contribution in [3.63, 3.8) is 0 Å². The van der Waals surface area contributed by atoms with Crippen LogP contribution < -0.4 is 10.6 Å². The van der Waals surface area contributed by atoms with E-state index in [0.29, 0.717) is 27.1 Å². The van der Waals surface area contributed by atoms with Gasteiger partial charge in [0, 0.05) is 17.1 Å². The molecule has 0 aromatic heterocycles. The summed E-state index contributed by atoms with van der Waals surface area (Å²) in [6, 6.07) is 15.1. The van der Waals surface area contributed by atoms with Crippen LogP contribution >= 0.6 is 35.0 Å². The summed E-state index contributed by atoms with van der Waals surface area (Å²) in [7, 11) is 0. The summed E-state index contributed by atoms with van der Waals surface area (Å²) < 4.78 is 0. The van der Waals surface area contributed by atoms with Crippen LogP contribution in [0.2, 0.25) is 10.0 Å². The first-order chi connectivity index (χ1) is 13.0. The van der Waals surface area contributed by atoms with Gasteiger partial charge in [-0.3, -0.25) is 9.59 Å². The van der Waals surface area contributed by atoms with Gasteiger partial charge >= 0.3 is 0 Å². The second-order valence-corrected chi connectivity index (χ2v) is 7.38. The van der Waals surface area contributed by atoms with E-state index in [4.69, 9.17) is 28.5 Å². The predicted octanol–water partition coefficient (Wildman–Crippen LogP) is 3.66. The Hall–Kier alpha value is -2.20. The lowest BCUT2D eigenvalue weighted by Crippen LogP contribution is -2.48. The van der Waals surface area contributed by atoms with Crippen LogP contribution in [0, 0.1) is 11.3 Å². The maximum absolute atomic E-state index is 12.4. The van der Waals surface area contributed by atoms with Gasteiger partial charge < -0.3 is 10.6 Å². The van der Waals surface area contributed by atoms with E-state index in [0.717, 1.165) is 5.56 Å². The van der Waals surface area contributed by atoms with Crippen LogP contribution in [-0.4, -0.2) is 30.2 Å². The van der Waals surface area contributed by atoms with Gasteiger partial charge in [0.1, 0.15) is 12.6 Å². The number of nitriles is 1. The Balaban J connectivity index is 1.99. The number of hydrogen-bond donors (Lipinski definition) is 2. The second-order valence-electron chi connectivity index (χ2n) is 5.53. The molecule has 0 heterocycles. The lowest BCUT2D eigenvalue weighted by Gasteiger charge is -2.17. The van der Waals surface area contributed by atoms with Crippen molar-refractivity contribution in [3.05, 3.63) is 69.7 Å². The molecule has 0 spiro atoms. The minimum Gasteiger partial charge on any atom is -0.341 e. The molecule has 8 heteroatoms. The van der Waals surface area contributed by atoms with Crippen molar-refractivity contribution in [1.29, 1.82) is 5.26 Å². The fraction of sp³-hybridized carbons (Fsp3) is 0.211. The van der Waals surface area contributed by atoms with E-state index in [9.17, 15) is 9.59 Å². The predicted molar refractivity (Wildman–Crippen MR) is 109 cm³/mol. The summed E-state index contributed by atoms with van der Waals surface area (Å²) in [5.41, 5.74) is 1.42. The fourth-order valence-electron chi connectivity index (χ4n) is 2.19. The topological polar surface area (TPSA) is 82.0 Å². The zero-order valence-corrected chi connectivity index (χ0v) is 16.6. The Kier molecular flexibility index (Phi) is 8.46. The normalized spacial score (nSPS) is 11.3. The van der Waals surface area contributed by atoms with Crippen LogP contribution in [0.25, 0.3) is 0 Å². The molecule has 2 aromatic rings. The number of nitrogens with zero attached hydrogens (tertiary/aromatic N) is 1. The number of thioether (sulfide) groups is 1. The molecule has 2 N–H and O–H groups in total. The van der Waals surface area contributed by atoms with E-state index >= 15 is 0 Å². The smallest absolute Gasteiger partial charge is 0.251 e. The molecule has 1 unspecified atom stereocenters. The second kappa shape index (κ2) is 10.8. The number of carbonyl (C=O) groups is 2. The average Bonchev–Trinajstić information content (AvgIpc) is 2.68. The highest BCUT2D eigenvalue weighted by molar-refractivity contribution is 7.98. The van der Waals surface area contributed by atoms with E-state index in [1.54, 1.807) is 42.5 Å². The molecule has 0 aliphatic rings. The van der Waals surface area contributed by atoms with Crippen molar-refractivity contribution in [3.8, 4) is 6.07 Å². The third-order valence-electron chi connectivity index (χ3n) is 3.54. The van der Waals surface area contributed by atoms with Gasteiger partial charge in [0.05, 0.1) is 16.1 Å². The van der Waals surface area contributed by atoms with Crippen molar-refractivity contribution in [2.75, 3.05) is 12.3 Å². The number of amides is 2. The number of carbonyl (C=O) groups excluding carboxylic acids is 2. The SMILES string of the molecule is N#CCNC(=O)C(CSCc1ccc(Cl)c(Cl)c1)NC(=O)c1ccccc1. The van der Waals surface area contributed by atoms with Gasteiger partial charge in [-0.2, -0.15) is 17.0 Å². The van der Waals surface area contributed by atoms with Crippen LogP contribution in [0.5, 0.6) is 0 Å². The molecule has 0 radical (unpaired) electrons. The molecule has 1 atom stereocenters. The van der Waals surface area contributed by atoms with Gasteiger partial charge in [0.25, 0.3) is 5.91 Å². The van der Waals surface area contributed by atoms with Gasteiger partial charge in [-0.15, -0.1) is 0 Å². The van der Waals surface area contributed by atoms with Crippen LogP contribution in [0.1, 0.15) is 15.9 Å². The summed E-state index contributed by atoms with van der Waals surface area (Å²) >= 11 is 13.4. The largest absolute Gasteiger partial charge is 0.341 e. The fourth-order valence-corrected chi connectivity index (χ4v) is 3.51. The minimum absolute atomic E-state index is 0.117. The summed E-state index contributed by atoms with van der Waals surface area (Å²) in [5.74, 6) is 0.196. The van der Waals surface area contributed by atoms with E-state index in [-0.39, 0.29) is 12.5 Å². The van der Waals surface area contributed by atoms with E-state index in [1.807, 2.05) is 12.1 Å². The Labute approximate surface area is 172 Å². The molecule has 0 saturated heterocycles. The first-order valence-electron chi connectivity index (χ1n) is 8.03. The first-order valence-corrected chi connectivity index (χ1v) is 9.94. The quantitative estimate of drug-likeness (QED) is 0.637. The maximum Gasteiger partial charge on any atom is 0.251 e. The molecule has 2 aromatic carbocycles. The molecule has 0 fully saturated rings. The number of nitrogens with one attached hydrogen (secondary N) is 2. The van der Waals surface area contributed by atoms with Crippen LogP contribution in [0.15, 0.2) is 48.5 Å². The highest BCUT2D eigenvalue weighted by Crippen LogP contribution is 2.24. The standard InChI is InChI=1S/C19H17Cl2N3O2S/c20-15-7-6-13(10-16(15)21)11-27-12-17(19(26)23-9-8-22)24-18(25)14-4-2-1-3-5-14/h1-7,10,17H,9,11-12H2,(H,23,26)(H,24,25). The van der Waals surface area contributed by atoms with Crippen molar-refractivity contribution < 1.29 is 9.59 Å². The molecule has 5 nitrogen and oxygen atoms in total. The van der Waals surface area contributed by atoms with Gasteiger partial charge in [0.15, 0.2) is 0 Å². The minimum atomic E-state index is -0.765. The maximum atomic E-state index is 12.4. The molecule has 140 valence electrons. The van der Waals surface area contributed by atoms with E-state index < -0.39 is 11.9 Å². The van der Waals surface area contributed by atoms with Crippen LogP contribution in [0.3, 0.4) is 0 Å². The lowest BCUT2D eigenvalue weighted by molar-refractivity contribution is -0.122. The first kappa shape index (κ1) is 21.1. The summed E-state index contributed by atoms with van der Waals surface area (Å²) in [4.78, 5) is 24.6. The van der Waals surface area contributed by atoms with Crippen LogP contribution in [0.4, 0.5) is 0 Å². The molecule has 0 aliphatic heterocycles. The van der Waals surface area contributed by atoms with Crippen molar-refractivity contribution >= 4 is 46.8 Å². The van der Waals surface area contributed by atoms with Crippen LogP contribution in [-0.2, 0) is 10.5 Å². The number of benzene rings is 2. The Morgan fingerprint density at radius 3 is 2.52 bits per heavy atom. The molecular weight excluding hydrogens is 405 g/mol. The monoisotopic (exact) mass is 421 g/mol. The molecule has 2 amide bonds. The zero-order chi connectivity index (χ0) is 19.6. The molecule has 0 aliphatic carbocycles. The lowest BCUT2D eigenvalue weighted by atomic mass is 10.2. The molecule has 0 bridgehead atoms. The highest BCUT2D eigenvalue weighted by atomic mass is 35.5. The number of halogens is 2. The van der Waals surface area contributed by atoms with Crippen molar-refractivity contribution in [2.45, 2.75) is 11.8 Å². The molecule has 27 heavy (non-hydrogen) atoms. The Morgan fingerprint density at radius 1 is 1.11 bits per heavy atom. The molecule has 2 rings (SSSR count). The third-order valence-corrected chi connectivity index (χ3v) is 5.38. The zero-order valence-electron chi connectivity index (χ0n) is 14.2. The van der Waals surface area contributed by atoms with Gasteiger partial charge in [-0.05, 0) is 29.8 Å². The Bertz CT molecular complexity index is 841. The number of rotatable bonds is 8. The van der Waals surface area contributed by atoms with Gasteiger partial charge in [-0.25, -0.2) is 0 Å². The Morgan fingerprint density at radius 2 is 1.85 bits per heavy atom. The number of hydrogen-bond acceptors (Lipinski definition) is 4.